The number of nitrogens with one attached hydrogen (secondary N) is 2. The lowest BCUT2D eigenvalue weighted by Crippen LogP contribution is -2.13. The monoisotopic (exact) mass is 326 g/mol. The lowest BCUT2D eigenvalue weighted by molar-refractivity contribution is -0.115. The highest BCUT2D eigenvalue weighted by atomic mass is 16.5. The summed E-state index contributed by atoms with van der Waals surface area (Å²) in [5.41, 5.74) is 3.36. The zero-order valence-electron chi connectivity index (χ0n) is 14.0. The molecule has 0 unspecified atom stereocenters. The number of ether oxygens (including phenoxy) is 1. The highest BCUT2D eigenvalue weighted by Gasteiger charge is 2.20. The van der Waals surface area contributed by atoms with Crippen LogP contribution in [0.2, 0.25) is 0 Å². The normalized spacial score (nSPS) is 13.0. The zero-order valence-corrected chi connectivity index (χ0v) is 14.0. The SMILES string of the molecule is CC(C)OCCCNc1ncc2c(n1)-c1ccccc1NC(=O)C2. The number of rotatable bonds is 6. The second kappa shape index (κ2) is 7.40. The molecule has 1 aromatic heterocycles. The number of para-hydroxylation sites is 1. The van der Waals surface area contributed by atoms with Crippen molar-refractivity contribution in [2.24, 2.45) is 0 Å². The fourth-order valence-electron chi connectivity index (χ4n) is 2.61. The first-order valence-electron chi connectivity index (χ1n) is 8.24. The number of benzene rings is 1. The van der Waals surface area contributed by atoms with Crippen molar-refractivity contribution in [2.45, 2.75) is 32.8 Å². The standard InChI is InChI=1S/C18H22N4O2/c1-12(2)24-9-5-8-19-18-20-11-13-10-16(23)21-15-7-4-3-6-14(15)17(13)22-18/h3-4,6-7,11-12H,5,8-10H2,1-2H3,(H,21,23)(H,19,20,22). The molecule has 3 rings (SSSR count). The van der Waals surface area contributed by atoms with E-state index in [0.717, 1.165) is 35.5 Å². The van der Waals surface area contributed by atoms with Crippen LogP contribution >= 0.6 is 0 Å². The molecule has 24 heavy (non-hydrogen) atoms. The first-order chi connectivity index (χ1) is 11.6. The summed E-state index contributed by atoms with van der Waals surface area (Å²) in [5.74, 6) is 0.527. The number of hydrogen-bond donors (Lipinski definition) is 2. The number of carbonyl (C=O) groups is 1. The molecule has 1 aliphatic rings. The number of fused-ring (bicyclic) bond motifs is 3. The molecule has 6 nitrogen and oxygen atoms in total. The smallest absolute Gasteiger partial charge is 0.228 e. The van der Waals surface area contributed by atoms with Crippen molar-refractivity contribution in [1.82, 2.24) is 9.97 Å². The van der Waals surface area contributed by atoms with Crippen LogP contribution in [0.15, 0.2) is 30.5 Å². The Labute approximate surface area is 141 Å². The fourth-order valence-corrected chi connectivity index (χ4v) is 2.61. The zero-order chi connectivity index (χ0) is 16.9. The van der Waals surface area contributed by atoms with Crippen molar-refractivity contribution >= 4 is 17.5 Å². The number of nitrogens with zero attached hydrogens (tertiary/aromatic N) is 2. The van der Waals surface area contributed by atoms with Crippen LogP contribution in [0.25, 0.3) is 11.3 Å². The Balaban J connectivity index is 1.76. The van der Waals surface area contributed by atoms with E-state index in [1.165, 1.54) is 0 Å². The molecule has 0 saturated carbocycles. The van der Waals surface area contributed by atoms with Gasteiger partial charge < -0.3 is 15.4 Å². The molecule has 1 aliphatic heterocycles. The highest BCUT2D eigenvalue weighted by molar-refractivity contribution is 5.99. The molecular weight excluding hydrogens is 304 g/mol. The van der Waals surface area contributed by atoms with Gasteiger partial charge in [-0.3, -0.25) is 4.79 Å². The Morgan fingerprint density at radius 1 is 1.33 bits per heavy atom. The average Bonchev–Trinajstić information content (AvgIpc) is 2.69. The maximum absolute atomic E-state index is 12.0. The summed E-state index contributed by atoms with van der Waals surface area (Å²) in [6.07, 6.45) is 3.15. The minimum atomic E-state index is -0.0451. The number of carbonyl (C=O) groups excluding carboxylic acids is 1. The van der Waals surface area contributed by atoms with Crippen molar-refractivity contribution in [3.63, 3.8) is 0 Å². The van der Waals surface area contributed by atoms with Crippen LogP contribution in [-0.2, 0) is 16.0 Å². The molecule has 0 bridgehead atoms. The number of aromatic nitrogens is 2. The summed E-state index contributed by atoms with van der Waals surface area (Å²) in [4.78, 5) is 21.0. The molecule has 0 fully saturated rings. The van der Waals surface area contributed by atoms with Gasteiger partial charge in [-0.1, -0.05) is 18.2 Å². The Hall–Kier alpha value is -2.47. The lowest BCUT2D eigenvalue weighted by atomic mass is 10.1. The van der Waals surface area contributed by atoms with Crippen LogP contribution < -0.4 is 10.6 Å². The maximum atomic E-state index is 12.0. The third-order valence-corrected chi connectivity index (χ3v) is 3.73. The molecule has 2 heterocycles. The van der Waals surface area contributed by atoms with Crippen molar-refractivity contribution in [3.05, 3.63) is 36.0 Å². The Morgan fingerprint density at radius 2 is 2.17 bits per heavy atom. The number of hydrogen-bond acceptors (Lipinski definition) is 5. The topological polar surface area (TPSA) is 76.1 Å². The van der Waals surface area contributed by atoms with Crippen LogP contribution in [0.5, 0.6) is 0 Å². The van der Waals surface area contributed by atoms with E-state index < -0.39 is 0 Å². The van der Waals surface area contributed by atoms with Gasteiger partial charge in [0.25, 0.3) is 0 Å². The molecule has 2 N–H and O–H groups in total. The van der Waals surface area contributed by atoms with Crippen molar-refractivity contribution in [3.8, 4) is 11.3 Å². The van der Waals surface area contributed by atoms with Gasteiger partial charge in [-0.05, 0) is 26.3 Å². The lowest BCUT2D eigenvalue weighted by Gasteiger charge is -2.11. The van der Waals surface area contributed by atoms with Crippen LogP contribution in [0.3, 0.4) is 0 Å². The second-order valence-corrected chi connectivity index (χ2v) is 6.04. The molecular formula is C18H22N4O2. The van der Waals surface area contributed by atoms with Crippen LogP contribution in [-0.4, -0.2) is 35.1 Å². The van der Waals surface area contributed by atoms with Crippen LogP contribution in [0.1, 0.15) is 25.8 Å². The quantitative estimate of drug-likeness (QED) is 0.798. The predicted octanol–water partition coefficient (Wildman–Crippen LogP) is 2.87. The summed E-state index contributed by atoms with van der Waals surface area (Å²) in [7, 11) is 0. The molecule has 1 aromatic carbocycles. The molecule has 0 spiro atoms. The van der Waals surface area contributed by atoms with Crippen LogP contribution in [0, 0.1) is 0 Å². The van der Waals surface area contributed by atoms with Crippen molar-refractivity contribution < 1.29 is 9.53 Å². The predicted molar refractivity (Wildman–Crippen MR) is 94.0 cm³/mol. The van der Waals surface area contributed by atoms with Gasteiger partial charge in [0.1, 0.15) is 0 Å². The second-order valence-electron chi connectivity index (χ2n) is 6.04. The van der Waals surface area contributed by atoms with Gasteiger partial charge in [-0.2, -0.15) is 0 Å². The minimum Gasteiger partial charge on any atom is -0.379 e. The van der Waals surface area contributed by atoms with Gasteiger partial charge in [0.05, 0.1) is 23.9 Å². The minimum absolute atomic E-state index is 0.0451. The van der Waals surface area contributed by atoms with E-state index >= 15 is 0 Å². The molecule has 2 aromatic rings. The van der Waals surface area contributed by atoms with E-state index in [9.17, 15) is 4.79 Å². The van der Waals surface area contributed by atoms with Gasteiger partial charge >= 0.3 is 0 Å². The Bertz CT molecular complexity index is 731. The third-order valence-electron chi connectivity index (χ3n) is 3.73. The van der Waals surface area contributed by atoms with E-state index in [1.54, 1.807) is 6.20 Å². The maximum Gasteiger partial charge on any atom is 0.228 e. The highest BCUT2D eigenvalue weighted by Crippen LogP contribution is 2.32. The van der Waals surface area contributed by atoms with Crippen molar-refractivity contribution in [1.29, 1.82) is 0 Å². The first-order valence-corrected chi connectivity index (χ1v) is 8.24. The fraction of sp³-hybridized carbons (Fsp3) is 0.389. The van der Waals surface area contributed by atoms with E-state index in [4.69, 9.17) is 4.74 Å². The van der Waals surface area contributed by atoms with Crippen molar-refractivity contribution in [2.75, 3.05) is 23.8 Å². The molecule has 6 heteroatoms. The van der Waals surface area contributed by atoms with Gasteiger partial charge in [0, 0.05) is 30.5 Å². The van der Waals surface area contributed by atoms with Gasteiger partial charge in [-0.25, -0.2) is 9.97 Å². The molecule has 0 saturated heterocycles. The molecule has 0 radical (unpaired) electrons. The van der Waals surface area contributed by atoms with E-state index in [2.05, 4.69) is 20.6 Å². The van der Waals surface area contributed by atoms with Gasteiger partial charge in [0.15, 0.2) is 0 Å². The molecule has 0 atom stereocenters. The largest absolute Gasteiger partial charge is 0.379 e. The summed E-state index contributed by atoms with van der Waals surface area (Å²) in [6.45, 7) is 5.49. The van der Waals surface area contributed by atoms with Crippen LogP contribution in [0.4, 0.5) is 11.6 Å². The first kappa shape index (κ1) is 16.4. The third kappa shape index (κ3) is 3.89. The van der Waals surface area contributed by atoms with Gasteiger partial charge in [0.2, 0.25) is 11.9 Å². The molecule has 1 amide bonds. The van der Waals surface area contributed by atoms with E-state index in [0.29, 0.717) is 12.6 Å². The Morgan fingerprint density at radius 3 is 3.00 bits per heavy atom. The summed E-state index contributed by atoms with van der Waals surface area (Å²) in [5, 5.41) is 6.14. The number of anilines is 2. The summed E-state index contributed by atoms with van der Waals surface area (Å²) < 4.78 is 5.52. The summed E-state index contributed by atoms with van der Waals surface area (Å²) in [6, 6.07) is 7.70. The summed E-state index contributed by atoms with van der Waals surface area (Å²) >= 11 is 0. The Kier molecular flexibility index (Phi) is 5.05. The van der Waals surface area contributed by atoms with Gasteiger partial charge in [-0.15, -0.1) is 0 Å². The average molecular weight is 326 g/mol. The van der Waals surface area contributed by atoms with E-state index in [1.807, 2.05) is 38.1 Å². The number of amides is 1. The van der Waals surface area contributed by atoms with E-state index in [-0.39, 0.29) is 18.4 Å². The molecule has 126 valence electrons. The molecule has 0 aliphatic carbocycles.